The molecule has 1 heterocycles. The molecule has 6 heteroatoms. The Morgan fingerprint density at radius 3 is 2.78 bits per heavy atom. The standard InChI is InChI=1S/C12H9N3O2S/c1-7(16)10-4-3-9(6-13)5-11(10)18-12-15-14-8(2)17-12/h3-5H,1-2H3. The van der Waals surface area contributed by atoms with E-state index in [4.69, 9.17) is 9.68 Å². The molecule has 90 valence electrons. The SMILES string of the molecule is CC(=O)c1ccc(C#N)cc1Sc1nnc(C)o1. The first-order chi connectivity index (χ1) is 8.60. The van der Waals surface area contributed by atoms with Crippen molar-refractivity contribution in [3.8, 4) is 6.07 Å². The van der Waals surface area contributed by atoms with Crippen LogP contribution in [0.4, 0.5) is 0 Å². The van der Waals surface area contributed by atoms with Crippen molar-refractivity contribution in [1.82, 2.24) is 10.2 Å². The highest BCUT2D eigenvalue weighted by Gasteiger charge is 2.13. The summed E-state index contributed by atoms with van der Waals surface area (Å²) in [6.45, 7) is 3.17. The van der Waals surface area contributed by atoms with Crippen LogP contribution < -0.4 is 0 Å². The minimum absolute atomic E-state index is 0.0711. The first-order valence-electron chi connectivity index (χ1n) is 5.13. The van der Waals surface area contributed by atoms with Crippen molar-refractivity contribution < 1.29 is 9.21 Å². The predicted octanol–water partition coefficient (Wildman–Crippen LogP) is 2.60. The first-order valence-corrected chi connectivity index (χ1v) is 5.95. The lowest BCUT2D eigenvalue weighted by Crippen LogP contribution is -1.95. The largest absolute Gasteiger partial charge is 0.416 e. The fourth-order valence-corrected chi connectivity index (χ4v) is 2.32. The van der Waals surface area contributed by atoms with Gasteiger partial charge in [-0.25, -0.2) is 0 Å². The smallest absolute Gasteiger partial charge is 0.281 e. The average molecular weight is 259 g/mol. The number of ketones is 1. The second-order valence-corrected chi connectivity index (χ2v) is 4.56. The van der Waals surface area contributed by atoms with Crippen molar-refractivity contribution in [2.24, 2.45) is 0 Å². The Hall–Kier alpha value is -2.13. The molecule has 0 aliphatic heterocycles. The number of hydrogen-bond donors (Lipinski definition) is 0. The zero-order chi connectivity index (χ0) is 13.1. The van der Waals surface area contributed by atoms with Crippen LogP contribution in [0.2, 0.25) is 0 Å². The Morgan fingerprint density at radius 2 is 2.22 bits per heavy atom. The lowest BCUT2D eigenvalue weighted by Gasteiger charge is -2.04. The van der Waals surface area contributed by atoms with Gasteiger partial charge in [-0.2, -0.15) is 5.26 Å². The van der Waals surface area contributed by atoms with Gasteiger partial charge in [-0.3, -0.25) is 4.79 Å². The van der Waals surface area contributed by atoms with Crippen LogP contribution in [-0.4, -0.2) is 16.0 Å². The maximum absolute atomic E-state index is 11.5. The van der Waals surface area contributed by atoms with Crippen LogP contribution in [0.1, 0.15) is 28.7 Å². The quantitative estimate of drug-likeness (QED) is 0.788. The van der Waals surface area contributed by atoms with E-state index >= 15 is 0 Å². The summed E-state index contributed by atoms with van der Waals surface area (Å²) in [4.78, 5) is 12.1. The molecule has 0 fully saturated rings. The molecular weight excluding hydrogens is 250 g/mol. The van der Waals surface area contributed by atoms with Gasteiger partial charge in [0.15, 0.2) is 5.78 Å². The number of nitrogens with zero attached hydrogens (tertiary/aromatic N) is 3. The van der Waals surface area contributed by atoms with Crippen molar-refractivity contribution in [2.45, 2.75) is 24.0 Å². The van der Waals surface area contributed by atoms with E-state index in [0.717, 1.165) is 0 Å². The average Bonchev–Trinajstić information content (AvgIpc) is 2.74. The molecule has 2 aromatic rings. The molecule has 0 bridgehead atoms. The molecular formula is C12H9N3O2S. The highest BCUT2D eigenvalue weighted by atomic mass is 32.2. The Labute approximate surface area is 108 Å². The summed E-state index contributed by atoms with van der Waals surface area (Å²) < 4.78 is 5.24. The molecule has 0 unspecified atom stereocenters. The Morgan fingerprint density at radius 1 is 1.44 bits per heavy atom. The van der Waals surface area contributed by atoms with Crippen LogP contribution in [0, 0.1) is 18.3 Å². The van der Waals surface area contributed by atoms with Gasteiger partial charge in [-0.15, -0.1) is 10.2 Å². The molecule has 1 aromatic carbocycles. The van der Waals surface area contributed by atoms with Crippen molar-refractivity contribution in [2.75, 3.05) is 0 Å². The van der Waals surface area contributed by atoms with Crippen LogP contribution in [0.15, 0.2) is 32.7 Å². The molecule has 0 saturated heterocycles. The second-order valence-electron chi connectivity index (χ2n) is 3.57. The normalized spacial score (nSPS) is 10.1. The van der Waals surface area contributed by atoms with E-state index in [0.29, 0.717) is 27.1 Å². The molecule has 5 nitrogen and oxygen atoms in total. The van der Waals surface area contributed by atoms with E-state index in [9.17, 15) is 4.79 Å². The van der Waals surface area contributed by atoms with Crippen molar-refractivity contribution in [1.29, 1.82) is 5.26 Å². The van der Waals surface area contributed by atoms with Gasteiger partial charge in [0.25, 0.3) is 5.22 Å². The summed E-state index contributed by atoms with van der Waals surface area (Å²) in [5, 5.41) is 16.8. The molecule has 2 rings (SSSR count). The predicted molar refractivity (Wildman–Crippen MR) is 64.3 cm³/mol. The molecule has 0 N–H and O–H groups in total. The summed E-state index contributed by atoms with van der Waals surface area (Å²) in [7, 11) is 0. The van der Waals surface area contributed by atoms with E-state index in [-0.39, 0.29) is 5.78 Å². The highest BCUT2D eigenvalue weighted by Crippen LogP contribution is 2.30. The zero-order valence-corrected chi connectivity index (χ0v) is 10.6. The number of benzene rings is 1. The number of carbonyl (C=O) groups excluding carboxylic acids is 1. The van der Waals surface area contributed by atoms with Gasteiger partial charge in [0.1, 0.15) is 0 Å². The molecule has 0 spiro atoms. The number of aryl methyl sites for hydroxylation is 1. The topological polar surface area (TPSA) is 79.8 Å². The van der Waals surface area contributed by atoms with Crippen molar-refractivity contribution in [3.63, 3.8) is 0 Å². The van der Waals surface area contributed by atoms with Crippen LogP contribution in [-0.2, 0) is 0 Å². The Kier molecular flexibility index (Phi) is 3.44. The van der Waals surface area contributed by atoms with Gasteiger partial charge in [0.05, 0.1) is 11.6 Å². The maximum atomic E-state index is 11.5. The lowest BCUT2D eigenvalue weighted by atomic mass is 10.1. The molecule has 0 radical (unpaired) electrons. The second kappa shape index (κ2) is 5.02. The fourth-order valence-electron chi connectivity index (χ4n) is 1.38. The number of hydrogen-bond acceptors (Lipinski definition) is 6. The fraction of sp³-hybridized carbons (Fsp3) is 0.167. The van der Waals surface area contributed by atoms with Crippen LogP contribution >= 0.6 is 11.8 Å². The summed E-state index contributed by atoms with van der Waals surface area (Å²) >= 11 is 1.18. The van der Waals surface area contributed by atoms with Crippen LogP contribution in [0.25, 0.3) is 0 Å². The number of aromatic nitrogens is 2. The minimum atomic E-state index is -0.0711. The van der Waals surface area contributed by atoms with E-state index in [1.54, 1.807) is 25.1 Å². The van der Waals surface area contributed by atoms with E-state index in [1.165, 1.54) is 18.7 Å². The summed E-state index contributed by atoms with van der Waals surface area (Å²) in [6, 6.07) is 6.92. The third kappa shape index (κ3) is 2.57. The van der Waals surface area contributed by atoms with Crippen molar-refractivity contribution in [3.05, 3.63) is 35.2 Å². The van der Waals surface area contributed by atoms with E-state index in [2.05, 4.69) is 10.2 Å². The summed E-state index contributed by atoms with van der Waals surface area (Å²) in [5.74, 6) is 0.386. The number of nitriles is 1. The molecule has 18 heavy (non-hydrogen) atoms. The third-order valence-corrected chi connectivity index (χ3v) is 3.09. The van der Waals surface area contributed by atoms with E-state index < -0.39 is 0 Å². The Bertz CT molecular complexity index is 643. The maximum Gasteiger partial charge on any atom is 0.281 e. The van der Waals surface area contributed by atoms with Gasteiger partial charge in [0, 0.05) is 17.4 Å². The minimum Gasteiger partial charge on any atom is -0.416 e. The number of carbonyl (C=O) groups is 1. The highest BCUT2D eigenvalue weighted by molar-refractivity contribution is 7.99. The van der Waals surface area contributed by atoms with Crippen LogP contribution in [0.3, 0.4) is 0 Å². The van der Waals surface area contributed by atoms with Gasteiger partial charge in [0.2, 0.25) is 5.89 Å². The molecule has 0 saturated carbocycles. The van der Waals surface area contributed by atoms with Gasteiger partial charge >= 0.3 is 0 Å². The zero-order valence-electron chi connectivity index (χ0n) is 9.80. The molecule has 1 aromatic heterocycles. The van der Waals surface area contributed by atoms with Crippen LogP contribution in [0.5, 0.6) is 0 Å². The lowest BCUT2D eigenvalue weighted by molar-refractivity contribution is 0.101. The molecule has 0 aliphatic carbocycles. The first kappa shape index (κ1) is 12.3. The molecule has 0 amide bonds. The number of Topliss-reactive ketones (excluding diaryl/α,β-unsaturated/α-hetero) is 1. The van der Waals surface area contributed by atoms with Gasteiger partial charge < -0.3 is 4.42 Å². The Balaban J connectivity index is 2.41. The summed E-state index contributed by atoms with van der Waals surface area (Å²) in [5.41, 5.74) is 1.02. The van der Waals surface area contributed by atoms with E-state index in [1.807, 2.05) is 6.07 Å². The molecule has 0 aliphatic rings. The molecule has 0 atom stereocenters. The van der Waals surface area contributed by atoms with Gasteiger partial charge in [-0.05, 0) is 36.9 Å². The van der Waals surface area contributed by atoms with Crippen molar-refractivity contribution >= 4 is 17.5 Å². The van der Waals surface area contributed by atoms with Gasteiger partial charge in [-0.1, -0.05) is 0 Å². The summed E-state index contributed by atoms with van der Waals surface area (Å²) in [6.07, 6.45) is 0. The number of rotatable bonds is 3. The monoisotopic (exact) mass is 259 g/mol. The third-order valence-electron chi connectivity index (χ3n) is 2.19.